The van der Waals surface area contributed by atoms with E-state index in [0.717, 1.165) is 5.56 Å². The molecule has 0 N–H and O–H groups in total. The second-order valence-electron chi connectivity index (χ2n) is 6.38. The SMILES string of the molecule is O=C1C(=O)N(C2(CF)CC2)CCN1Cc1ccc(-n2nccn2)nc1. The first-order valence-corrected chi connectivity index (χ1v) is 8.11. The van der Waals surface area contributed by atoms with Crippen molar-refractivity contribution >= 4 is 11.8 Å². The highest BCUT2D eigenvalue weighted by atomic mass is 19.1. The fourth-order valence-electron chi connectivity index (χ4n) is 3.08. The number of hydrogen-bond donors (Lipinski definition) is 0. The zero-order valence-corrected chi connectivity index (χ0v) is 13.5. The van der Waals surface area contributed by atoms with Crippen LogP contribution in [0.1, 0.15) is 18.4 Å². The normalized spacial score (nSPS) is 19.4. The number of halogens is 1. The molecule has 3 heterocycles. The first kappa shape index (κ1) is 15.7. The third-order valence-electron chi connectivity index (χ3n) is 4.76. The Morgan fingerprint density at radius 1 is 1.08 bits per heavy atom. The van der Waals surface area contributed by atoms with Gasteiger partial charge in [0.25, 0.3) is 0 Å². The van der Waals surface area contributed by atoms with E-state index in [1.807, 2.05) is 6.07 Å². The number of pyridine rings is 1. The van der Waals surface area contributed by atoms with Crippen LogP contribution in [0.4, 0.5) is 4.39 Å². The van der Waals surface area contributed by atoms with E-state index in [4.69, 9.17) is 0 Å². The summed E-state index contributed by atoms with van der Waals surface area (Å²) in [4.78, 5) is 33.2. The van der Waals surface area contributed by atoms with Crippen molar-refractivity contribution < 1.29 is 14.0 Å². The van der Waals surface area contributed by atoms with E-state index in [-0.39, 0.29) is 0 Å². The Labute approximate surface area is 143 Å². The zero-order chi connectivity index (χ0) is 17.4. The van der Waals surface area contributed by atoms with Crippen LogP contribution in [0.25, 0.3) is 5.82 Å². The van der Waals surface area contributed by atoms with Crippen molar-refractivity contribution in [2.75, 3.05) is 19.8 Å². The lowest BCUT2D eigenvalue weighted by molar-refractivity contribution is -0.159. The summed E-state index contributed by atoms with van der Waals surface area (Å²) in [6.07, 6.45) is 6.02. The van der Waals surface area contributed by atoms with Gasteiger partial charge in [0, 0.05) is 25.8 Å². The Morgan fingerprint density at radius 3 is 2.44 bits per heavy atom. The summed E-state index contributed by atoms with van der Waals surface area (Å²) in [5, 5.41) is 7.99. The van der Waals surface area contributed by atoms with Gasteiger partial charge in [-0.15, -0.1) is 4.80 Å². The number of carbonyl (C=O) groups is 2. The van der Waals surface area contributed by atoms with Crippen LogP contribution in [0.5, 0.6) is 0 Å². The third kappa shape index (κ3) is 2.75. The predicted molar refractivity (Wildman–Crippen MR) is 84.2 cm³/mol. The minimum Gasteiger partial charge on any atom is -0.328 e. The van der Waals surface area contributed by atoms with Gasteiger partial charge in [-0.2, -0.15) is 10.2 Å². The van der Waals surface area contributed by atoms with E-state index in [9.17, 15) is 14.0 Å². The maximum absolute atomic E-state index is 13.2. The number of aromatic nitrogens is 4. The fourth-order valence-corrected chi connectivity index (χ4v) is 3.08. The third-order valence-corrected chi connectivity index (χ3v) is 4.76. The summed E-state index contributed by atoms with van der Waals surface area (Å²) in [7, 11) is 0. The molecule has 0 aromatic carbocycles. The van der Waals surface area contributed by atoms with Crippen molar-refractivity contribution in [2.45, 2.75) is 24.9 Å². The molecule has 0 atom stereocenters. The smallest absolute Gasteiger partial charge is 0.312 e. The number of amides is 2. The predicted octanol–water partition coefficient (Wildman–Crippen LogP) is 0.335. The van der Waals surface area contributed by atoms with Crippen molar-refractivity contribution in [3.8, 4) is 5.82 Å². The highest BCUT2D eigenvalue weighted by molar-refractivity contribution is 6.35. The van der Waals surface area contributed by atoms with Gasteiger partial charge in [-0.1, -0.05) is 6.07 Å². The van der Waals surface area contributed by atoms with Gasteiger partial charge in [0.2, 0.25) is 0 Å². The Morgan fingerprint density at radius 2 is 1.84 bits per heavy atom. The second-order valence-corrected chi connectivity index (χ2v) is 6.38. The first-order valence-electron chi connectivity index (χ1n) is 8.11. The minimum absolute atomic E-state index is 0.293. The molecule has 2 aromatic heterocycles. The summed E-state index contributed by atoms with van der Waals surface area (Å²) < 4.78 is 13.2. The van der Waals surface area contributed by atoms with Crippen LogP contribution in [-0.4, -0.2) is 66.9 Å². The molecule has 0 spiro atoms. The van der Waals surface area contributed by atoms with Crippen molar-refractivity contribution in [3.05, 3.63) is 36.3 Å². The van der Waals surface area contributed by atoms with Crippen LogP contribution in [0.15, 0.2) is 30.7 Å². The van der Waals surface area contributed by atoms with Crippen LogP contribution in [0.2, 0.25) is 0 Å². The maximum atomic E-state index is 13.2. The lowest BCUT2D eigenvalue weighted by Crippen LogP contribution is -2.58. The van der Waals surface area contributed by atoms with Crippen molar-refractivity contribution in [2.24, 2.45) is 0 Å². The Kier molecular flexibility index (Phi) is 3.70. The molecule has 0 radical (unpaired) electrons. The second kappa shape index (κ2) is 5.91. The molecular weight excluding hydrogens is 327 g/mol. The van der Waals surface area contributed by atoms with Crippen molar-refractivity contribution in [3.63, 3.8) is 0 Å². The molecule has 4 rings (SSSR count). The summed E-state index contributed by atoms with van der Waals surface area (Å²) >= 11 is 0. The molecule has 2 amide bonds. The van der Waals surface area contributed by atoms with Crippen LogP contribution in [0, 0.1) is 0 Å². The minimum atomic E-state index is -0.723. The molecule has 1 aliphatic carbocycles. The summed E-state index contributed by atoms with van der Waals surface area (Å²) in [6, 6.07) is 3.57. The van der Waals surface area contributed by atoms with E-state index >= 15 is 0 Å². The zero-order valence-electron chi connectivity index (χ0n) is 13.5. The molecule has 8 nitrogen and oxygen atoms in total. The van der Waals surface area contributed by atoms with Crippen LogP contribution >= 0.6 is 0 Å². The monoisotopic (exact) mass is 344 g/mol. The average Bonchev–Trinajstić information content (AvgIpc) is 3.23. The van der Waals surface area contributed by atoms with Gasteiger partial charge >= 0.3 is 11.8 Å². The van der Waals surface area contributed by atoms with Gasteiger partial charge < -0.3 is 9.80 Å². The number of hydrogen-bond acceptors (Lipinski definition) is 5. The number of piperazine rings is 1. The fraction of sp³-hybridized carbons (Fsp3) is 0.438. The van der Waals surface area contributed by atoms with E-state index in [1.165, 1.54) is 14.6 Å². The molecule has 9 heteroatoms. The molecule has 1 saturated carbocycles. The quantitative estimate of drug-likeness (QED) is 0.730. The topological polar surface area (TPSA) is 84.2 Å². The molecule has 2 fully saturated rings. The first-order chi connectivity index (χ1) is 12.1. The van der Waals surface area contributed by atoms with E-state index in [0.29, 0.717) is 38.3 Å². The van der Waals surface area contributed by atoms with Crippen LogP contribution in [0.3, 0.4) is 0 Å². The van der Waals surface area contributed by atoms with E-state index in [1.54, 1.807) is 24.7 Å². The highest BCUT2D eigenvalue weighted by Gasteiger charge is 2.53. The Balaban J connectivity index is 1.43. The number of rotatable bonds is 5. The average molecular weight is 344 g/mol. The standard InChI is InChI=1S/C16H17FN6O2/c17-11-16(3-4-16)22-8-7-21(14(24)15(22)25)10-12-1-2-13(18-9-12)23-19-5-6-20-23/h1-2,5-6,9H,3-4,7-8,10-11H2. The van der Waals surface area contributed by atoms with Gasteiger partial charge in [-0.25, -0.2) is 9.37 Å². The van der Waals surface area contributed by atoms with Crippen LogP contribution in [-0.2, 0) is 16.1 Å². The molecule has 0 unspecified atom stereocenters. The molecule has 25 heavy (non-hydrogen) atoms. The maximum Gasteiger partial charge on any atom is 0.312 e. The lowest BCUT2D eigenvalue weighted by atomic mass is 10.1. The Bertz CT molecular complexity index is 787. The van der Waals surface area contributed by atoms with Gasteiger partial charge in [0.05, 0.1) is 17.9 Å². The van der Waals surface area contributed by atoms with Crippen LogP contribution < -0.4 is 0 Å². The molecule has 1 aliphatic heterocycles. The molecule has 0 bridgehead atoms. The summed E-state index contributed by atoms with van der Waals surface area (Å²) in [6.45, 7) is 0.478. The highest BCUT2D eigenvalue weighted by Crippen LogP contribution is 2.42. The number of alkyl halides is 1. The largest absolute Gasteiger partial charge is 0.328 e. The number of nitrogens with zero attached hydrogens (tertiary/aromatic N) is 6. The van der Waals surface area contributed by atoms with Gasteiger partial charge in [-0.3, -0.25) is 9.59 Å². The molecule has 2 aromatic rings. The van der Waals surface area contributed by atoms with Gasteiger partial charge in [0.15, 0.2) is 5.82 Å². The van der Waals surface area contributed by atoms with Gasteiger partial charge in [0.1, 0.15) is 6.67 Å². The van der Waals surface area contributed by atoms with E-state index in [2.05, 4.69) is 15.2 Å². The lowest BCUT2D eigenvalue weighted by Gasteiger charge is -2.37. The van der Waals surface area contributed by atoms with E-state index < -0.39 is 24.0 Å². The Hall–Kier alpha value is -2.84. The summed E-state index contributed by atoms with van der Waals surface area (Å²) in [5.41, 5.74) is 0.0795. The molecular formula is C16H17FN6O2. The summed E-state index contributed by atoms with van der Waals surface area (Å²) in [5.74, 6) is -0.616. The van der Waals surface area contributed by atoms with Crippen molar-refractivity contribution in [1.82, 2.24) is 29.8 Å². The van der Waals surface area contributed by atoms with Crippen molar-refractivity contribution in [1.29, 1.82) is 0 Å². The molecule has 130 valence electrons. The van der Waals surface area contributed by atoms with Gasteiger partial charge in [-0.05, 0) is 24.5 Å². The molecule has 2 aliphatic rings. The number of carbonyl (C=O) groups excluding carboxylic acids is 2. The molecule has 1 saturated heterocycles.